The van der Waals surface area contributed by atoms with E-state index in [-0.39, 0.29) is 0 Å². The van der Waals surface area contributed by atoms with Crippen LogP contribution in [-0.2, 0) is 13.6 Å². The van der Waals surface area contributed by atoms with Crippen molar-refractivity contribution in [2.45, 2.75) is 6.54 Å². The molecule has 0 amide bonds. The Labute approximate surface area is 98.6 Å². The number of benzene rings is 1. The van der Waals surface area contributed by atoms with E-state index in [9.17, 15) is 0 Å². The molecule has 3 aromatic rings. The van der Waals surface area contributed by atoms with E-state index < -0.39 is 0 Å². The fraction of sp³-hybridized carbons (Fsp3) is 0.154. The van der Waals surface area contributed by atoms with Crippen molar-refractivity contribution in [1.29, 1.82) is 0 Å². The average Bonchev–Trinajstić information content (AvgIpc) is 2.95. The zero-order valence-electron chi connectivity index (χ0n) is 9.55. The van der Waals surface area contributed by atoms with Crippen LogP contribution in [0.2, 0.25) is 0 Å². The number of rotatable bonds is 2. The maximum Gasteiger partial charge on any atom is 0.155 e. The van der Waals surface area contributed by atoms with Crippen molar-refractivity contribution < 1.29 is 4.42 Å². The molecule has 0 aliphatic heterocycles. The van der Waals surface area contributed by atoms with Gasteiger partial charge in [0.05, 0.1) is 12.1 Å². The van der Waals surface area contributed by atoms with Gasteiger partial charge in [-0.1, -0.05) is 18.2 Å². The van der Waals surface area contributed by atoms with Gasteiger partial charge in [0.15, 0.2) is 5.76 Å². The zero-order chi connectivity index (χ0) is 11.8. The number of nitrogens with two attached hydrogens (primary N) is 1. The summed E-state index contributed by atoms with van der Waals surface area (Å²) >= 11 is 0. The lowest BCUT2D eigenvalue weighted by molar-refractivity contribution is 0.523. The van der Waals surface area contributed by atoms with Crippen molar-refractivity contribution in [2.24, 2.45) is 12.8 Å². The molecule has 4 heteroatoms. The first-order valence-corrected chi connectivity index (χ1v) is 5.50. The summed E-state index contributed by atoms with van der Waals surface area (Å²) in [5.74, 6) is 1.54. The van der Waals surface area contributed by atoms with Gasteiger partial charge in [0.25, 0.3) is 0 Å². The van der Waals surface area contributed by atoms with Crippen LogP contribution in [0.15, 0.2) is 40.8 Å². The molecule has 1 aromatic carbocycles. The number of fused-ring (bicyclic) bond motifs is 1. The van der Waals surface area contributed by atoms with Gasteiger partial charge in [-0.05, 0) is 18.2 Å². The lowest BCUT2D eigenvalue weighted by Gasteiger charge is -1.92. The number of furan rings is 1. The van der Waals surface area contributed by atoms with Crippen molar-refractivity contribution >= 4 is 10.9 Å². The summed E-state index contributed by atoms with van der Waals surface area (Å²) in [5.41, 5.74) is 7.49. The Kier molecular flexibility index (Phi) is 2.23. The number of hydrogen-bond acceptors (Lipinski definition) is 3. The largest absolute Gasteiger partial charge is 0.458 e. The van der Waals surface area contributed by atoms with Gasteiger partial charge in [-0.15, -0.1) is 0 Å². The molecule has 0 aliphatic rings. The van der Waals surface area contributed by atoms with E-state index >= 15 is 0 Å². The van der Waals surface area contributed by atoms with Gasteiger partial charge in [0.2, 0.25) is 0 Å². The Morgan fingerprint density at radius 3 is 2.82 bits per heavy atom. The summed E-state index contributed by atoms with van der Waals surface area (Å²) in [6.45, 7) is 0.408. The maximum absolute atomic E-state index is 5.64. The molecule has 17 heavy (non-hydrogen) atoms. The van der Waals surface area contributed by atoms with Gasteiger partial charge in [-0.2, -0.15) is 5.10 Å². The fourth-order valence-corrected chi connectivity index (χ4v) is 2.01. The predicted octanol–water partition coefficient (Wildman–Crippen LogP) is 2.29. The monoisotopic (exact) mass is 227 g/mol. The van der Waals surface area contributed by atoms with Gasteiger partial charge in [-0.25, -0.2) is 0 Å². The molecule has 4 nitrogen and oxygen atoms in total. The summed E-state index contributed by atoms with van der Waals surface area (Å²) in [7, 11) is 1.93. The number of hydrogen-bond donors (Lipinski definition) is 1. The molecule has 2 heterocycles. The SMILES string of the molecule is Cn1nc(-c2ccc(CN)o2)c2ccccc21. The van der Waals surface area contributed by atoms with Crippen molar-refractivity contribution in [3.8, 4) is 11.5 Å². The summed E-state index contributed by atoms with van der Waals surface area (Å²) in [5, 5.41) is 5.58. The summed E-state index contributed by atoms with van der Waals surface area (Å²) in [6.07, 6.45) is 0. The van der Waals surface area contributed by atoms with Crippen LogP contribution in [0.4, 0.5) is 0 Å². The van der Waals surface area contributed by atoms with E-state index in [1.165, 1.54) is 0 Å². The van der Waals surface area contributed by atoms with Crippen molar-refractivity contribution in [3.05, 3.63) is 42.2 Å². The van der Waals surface area contributed by atoms with E-state index in [0.717, 1.165) is 28.1 Å². The van der Waals surface area contributed by atoms with Gasteiger partial charge in [0, 0.05) is 12.4 Å². The average molecular weight is 227 g/mol. The molecule has 0 aliphatic carbocycles. The number of nitrogens with zero attached hydrogens (tertiary/aromatic N) is 2. The molecule has 3 rings (SSSR count). The third-order valence-corrected chi connectivity index (χ3v) is 2.85. The van der Waals surface area contributed by atoms with Crippen LogP contribution in [0.1, 0.15) is 5.76 Å². The van der Waals surface area contributed by atoms with Crippen LogP contribution in [0.5, 0.6) is 0 Å². The molecule has 0 spiro atoms. The summed E-state index contributed by atoms with van der Waals surface area (Å²) < 4.78 is 7.50. The molecule has 0 bridgehead atoms. The molecule has 0 unspecified atom stereocenters. The molecule has 0 fully saturated rings. The summed E-state index contributed by atoms with van der Waals surface area (Å²) in [6, 6.07) is 11.9. The van der Waals surface area contributed by atoms with Gasteiger partial charge < -0.3 is 10.2 Å². The second kappa shape index (κ2) is 3.75. The Bertz CT molecular complexity index is 666. The number of aromatic nitrogens is 2. The molecule has 0 radical (unpaired) electrons. The Hall–Kier alpha value is -2.07. The molecular formula is C13H13N3O. The van der Waals surface area contributed by atoms with Crippen LogP contribution >= 0.6 is 0 Å². The Balaban J connectivity index is 2.23. The number of aryl methyl sites for hydroxylation is 1. The van der Waals surface area contributed by atoms with E-state index in [1.807, 2.05) is 48.1 Å². The minimum absolute atomic E-state index is 0.408. The first-order valence-electron chi connectivity index (χ1n) is 5.50. The van der Waals surface area contributed by atoms with Gasteiger partial charge in [-0.3, -0.25) is 4.68 Å². The second-order valence-electron chi connectivity index (χ2n) is 3.96. The van der Waals surface area contributed by atoms with E-state index in [4.69, 9.17) is 10.2 Å². The quantitative estimate of drug-likeness (QED) is 0.730. The van der Waals surface area contributed by atoms with Crippen molar-refractivity contribution in [2.75, 3.05) is 0 Å². The Morgan fingerprint density at radius 1 is 1.24 bits per heavy atom. The van der Waals surface area contributed by atoms with Crippen LogP contribution in [0, 0.1) is 0 Å². The second-order valence-corrected chi connectivity index (χ2v) is 3.96. The van der Waals surface area contributed by atoms with E-state index in [0.29, 0.717) is 6.54 Å². The van der Waals surface area contributed by atoms with Gasteiger partial charge in [0.1, 0.15) is 11.5 Å². The van der Waals surface area contributed by atoms with Crippen LogP contribution in [-0.4, -0.2) is 9.78 Å². The third-order valence-electron chi connectivity index (χ3n) is 2.85. The highest BCUT2D eigenvalue weighted by Gasteiger charge is 2.13. The highest BCUT2D eigenvalue weighted by Crippen LogP contribution is 2.28. The minimum Gasteiger partial charge on any atom is -0.458 e. The molecule has 0 atom stereocenters. The molecule has 0 saturated heterocycles. The lowest BCUT2D eigenvalue weighted by Crippen LogP contribution is -1.92. The molecule has 0 saturated carbocycles. The molecular weight excluding hydrogens is 214 g/mol. The fourth-order valence-electron chi connectivity index (χ4n) is 2.01. The molecule has 2 aromatic heterocycles. The third kappa shape index (κ3) is 1.54. The first-order chi connectivity index (χ1) is 8.29. The van der Waals surface area contributed by atoms with E-state index in [1.54, 1.807) is 0 Å². The highest BCUT2D eigenvalue weighted by molar-refractivity contribution is 5.91. The molecule has 86 valence electrons. The highest BCUT2D eigenvalue weighted by atomic mass is 16.3. The number of para-hydroxylation sites is 1. The van der Waals surface area contributed by atoms with Crippen LogP contribution in [0.3, 0.4) is 0 Å². The van der Waals surface area contributed by atoms with Crippen molar-refractivity contribution in [3.63, 3.8) is 0 Å². The first kappa shape index (κ1) is 10.1. The van der Waals surface area contributed by atoms with E-state index in [2.05, 4.69) is 5.10 Å². The summed E-state index contributed by atoms with van der Waals surface area (Å²) in [4.78, 5) is 0. The standard InChI is InChI=1S/C13H13N3O/c1-16-11-5-3-2-4-10(11)13(15-16)12-7-6-9(8-14)17-12/h2-7H,8,14H2,1H3. The Morgan fingerprint density at radius 2 is 2.06 bits per heavy atom. The van der Waals surface area contributed by atoms with Gasteiger partial charge >= 0.3 is 0 Å². The maximum atomic E-state index is 5.64. The van der Waals surface area contributed by atoms with Crippen molar-refractivity contribution in [1.82, 2.24) is 9.78 Å². The minimum atomic E-state index is 0.408. The smallest absolute Gasteiger partial charge is 0.155 e. The molecule has 2 N–H and O–H groups in total. The van der Waals surface area contributed by atoms with Crippen LogP contribution < -0.4 is 5.73 Å². The van der Waals surface area contributed by atoms with Crippen LogP contribution in [0.25, 0.3) is 22.4 Å². The topological polar surface area (TPSA) is 57.0 Å². The normalized spacial score (nSPS) is 11.2. The zero-order valence-corrected chi connectivity index (χ0v) is 9.55. The predicted molar refractivity (Wildman–Crippen MR) is 66.3 cm³/mol. The lowest BCUT2D eigenvalue weighted by atomic mass is 10.2.